The summed E-state index contributed by atoms with van der Waals surface area (Å²) in [5, 5.41) is 4.40. The molecule has 0 unspecified atom stereocenters. The Morgan fingerprint density at radius 1 is 1.21 bits per heavy atom. The van der Waals surface area contributed by atoms with Gasteiger partial charge in [0.05, 0.1) is 18.2 Å². The van der Waals surface area contributed by atoms with E-state index in [4.69, 9.17) is 18.9 Å². The van der Waals surface area contributed by atoms with Gasteiger partial charge in [0.25, 0.3) is 5.56 Å². The van der Waals surface area contributed by atoms with Gasteiger partial charge in [-0.15, -0.1) is 5.10 Å². The highest BCUT2D eigenvalue weighted by Crippen LogP contribution is 2.35. The number of hydrogen-bond acceptors (Lipinski definition) is 8. The molecule has 0 spiro atoms. The molecule has 176 valence electrons. The number of nitrogens with zero attached hydrogens (tertiary/aromatic N) is 3. The molecule has 1 aliphatic rings. The van der Waals surface area contributed by atoms with Gasteiger partial charge in [-0.1, -0.05) is 43.4 Å². The Balaban J connectivity index is 1.38. The third kappa shape index (κ3) is 4.43. The van der Waals surface area contributed by atoms with Crippen molar-refractivity contribution >= 4 is 22.4 Å². The van der Waals surface area contributed by atoms with Gasteiger partial charge in [0.15, 0.2) is 34.9 Å². The summed E-state index contributed by atoms with van der Waals surface area (Å²) >= 11 is 1.28. The number of benzene rings is 2. The van der Waals surface area contributed by atoms with E-state index in [0.717, 1.165) is 12.0 Å². The quantitative estimate of drug-likeness (QED) is 0.400. The van der Waals surface area contributed by atoms with E-state index in [9.17, 15) is 4.79 Å². The molecular formula is C25H25N3O5S. The third-order valence-corrected chi connectivity index (χ3v) is 6.39. The van der Waals surface area contributed by atoms with Gasteiger partial charge in [-0.05, 0) is 48.2 Å². The lowest BCUT2D eigenvalue weighted by Crippen LogP contribution is -2.26. The largest absolute Gasteiger partial charge is 0.493 e. The van der Waals surface area contributed by atoms with Crippen LogP contribution in [0.4, 0.5) is 0 Å². The van der Waals surface area contributed by atoms with Crippen LogP contribution < -0.4 is 29.0 Å². The lowest BCUT2D eigenvalue weighted by atomic mass is 10.1. The zero-order chi connectivity index (χ0) is 23.7. The minimum atomic E-state index is -0.471. The maximum absolute atomic E-state index is 13.0. The molecule has 5 rings (SSSR count). The molecule has 1 aliphatic heterocycles. The Morgan fingerprint density at radius 3 is 2.79 bits per heavy atom. The molecule has 0 aliphatic carbocycles. The van der Waals surface area contributed by atoms with E-state index in [1.165, 1.54) is 15.9 Å². The van der Waals surface area contributed by atoms with Crippen LogP contribution in [0.15, 0.2) is 47.3 Å². The van der Waals surface area contributed by atoms with Crippen LogP contribution in [0.25, 0.3) is 11.0 Å². The molecule has 2 aromatic carbocycles. The molecule has 2 aromatic heterocycles. The van der Waals surface area contributed by atoms with Crippen molar-refractivity contribution in [1.82, 2.24) is 14.6 Å². The van der Waals surface area contributed by atoms with Crippen molar-refractivity contribution in [1.29, 1.82) is 0 Å². The molecular weight excluding hydrogens is 454 g/mol. The summed E-state index contributed by atoms with van der Waals surface area (Å²) in [5.74, 6) is 3.63. The highest BCUT2D eigenvalue weighted by atomic mass is 32.1. The lowest BCUT2D eigenvalue weighted by molar-refractivity contribution is 0.0852. The summed E-state index contributed by atoms with van der Waals surface area (Å²) in [4.78, 5) is 18.0. The van der Waals surface area contributed by atoms with Crippen molar-refractivity contribution in [3.05, 3.63) is 68.7 Å². The maximum Gasteiger partial charge on any atom is 0.291 e. The molecule has 0 amide bonds. The number of para-hydroxylation sites is 2. The normalized spacial score (nSPS) is 15.8. The number of rotatable bonds is 7. The van der Waals surface area contributed by atoms with E-state index in [1.54, 1.807) is 13.2 Å². The predicted octanol–water partition coefficient (Wildman–Crippen LogP) is 3.64. The van der Waals surface area contributed by atoms with Crippen molar-refractivity contribution in [2.45, 2.75) is 26.4 Å². The SMILES string of the molecule is COc1cc(/C=c2/sc3nc([C@@H]4COc5ccccc5O4)nn3c2=O)ccc1OCCC(C)C. The second-order valence-electron chi connectivity index (χ2n) is 8.39. The Hall–Kier alpha value is -3.59. The number of ether oxygens (including phenoxy) is 4. The summed E-state index contributed by atoms with van der Waals surface area (Å²) in [6.45, 7) is 5.22. The maximum atomic E-state index is 13.0. The Labute approximate surface area is 200 Å². The zero-order valence-electron chi connectivity index (χ0n) is 19.2. The molecule has 4 aromatic rings. The third-order valence-electron chi connectivity index (χ3n) is 5.43. The number of thiazole rings is 1. The highest BCUT2D eigenvalue weighted by Gasteiger charge is 2.27. The van der Waals surface area contributed by atoms with Gasteiger partial charge in [0, 0.05) is 0 Å². The first-order chi connectivity index (χ1) is 16.5. The summed E-state index contributed by atoms with van der Waals surface area (Å²) in [7, 11) is 1.60. The van der Waals surface area contributed by atoms with Crippen molar-refractivity contribution in [3.8, 4) is 23.0 Å². The number of methoxy groups -OCH3 is 1. The van der Waals surface area contributed by atoms with Crippen molar-refractivity contribution in [2.24, 2.45) is 5.92 Å². The van der Waals surface area contributed by atoms with E-state index in [2.05, 4.69) is 23.9 Å². The van der Waals surface area contributed by atoms with Crippen LogP contribution in [0.3, 0.4) is 0 Å². The van der Waals surface area contributed by atoms with Crippen LogP contribution in [0.2, 0.25) is 0 Å². The second-order valence-corrected chi connectivity index (χ2v) is 9.39. The molecule has 9 heteroatoms. The molecule has 0 fully saturated rings. The smallest absolute Gasteiger partial charge is 0.291 e. The number of hydrogen-bond donors (Lipinski definition) is 0. The molecule has 0 radical (unpaired) electrons. The number of fused-ring (bicyclic) bond motifs is 2. The zero-order valence-corrected chi connectivity index (χ0v) is 20.0. The average molecular weight is 480 g/mol. The van der Waals surface area contributed by atoms with Gasteiger partial charge < -0.3 is 18.9 Å². The van der Waals surface area contributed by atoms with Gasteiger partial charge >= 0.3 is 0 Å². The second kappa shape index (κ2) is 9.34. The van der Waals surface area contributed by atoms with Gasteiger partial charge in [0.1, 0.15) is 6.61 Å². The first-order valence-corrected chi connectivity index (χ1v) is 11.9. The monoisotopic (exact) mass is 479 g/mol. The van der Waals surface area contributed by atoms with E-state index in [-0.39, 0.29) is 12.2 Å². The standard InChI is InChI=1S/C25H25N3O5S/c1-15(2)10-11-31-18-9-8-16(12-20(18)30-3)13-22-24(29)28-25(34-22)26-23(27-28)21-14-32-17-6-4-5-7-19(17)33-21/h4-9,12-13,15,21H,10-11,14H2,1-3H3/b22-13+/t21-/m0/s1. The Kier molecular flexibility index (Phi) is 6.10. The fraction of sp³-hybridized carbons (Fsp3) is 0.320. The summed E-state index contributed by atoms with van der Waals surface area (Å²) in [6, 6.07) is 13.1. The summed E-state index contributed by atoms with van der Waals surface area (Å²) in [5.41, 5.74) is 0.600. The van der Waals surface area contributed by atoms with Crippen molar-refractivity contribution in [3.63, 3.8) is 0 Å². The van der Waals surface area contributed by atoms with Crippen LogP contribution in [0.5, 0.6) is 23.0 Å². The minimum absolute atomic E-state index is 0.230. The van der Waals surface area contributed by atoms with Crippen LogP contribution in [0.1, 0.15) is 37.8 Å². The highest BCUT2D eigenvalue weighted by molar-refractivity contribution is 7.15. The molecule has 0 bridgehead atoms. The summed E-state index contributed by atoms with van der Waals surface area (Å²) in [6.07, 6.45) is 2.30. The number of aromatic nitrogens is 3. The Bertz CT molecular complexity index is 1430. The van der Waals surface area contributed by atoms with Gasteiger partial charge in [-0.3, -0.25) is 4.79 Å². The molecule has 34 heavy (non-hydrogen) atoms. The van der Waals surface area contributed by atoms with Gasteiger partial charge in [-0.2, -0.15) is 9.50 Å². The van der Waals surface area contributed by atoms with E-state index >= 15 is 0 Å². The molecule has 1 atom stereocenters. The lowest BCUT2D eigenvalue weighted by Gasteiger charge is -2.24. The predicted molar refractivity (Wildman–Crippen MR) is 129 cm³/mol. The van der Waals surface area contributed by atoms with Crippen molar-refractivity contribution in [2.75, 3.05) is 20.3 Å². The topological polar surface area (TPSA) is 84.2 Å². The van der Waals surface area contributed by atoms with Gasteiger partial charge in [0.2, 0.25) is 4.96 Å². The van der Waals surface area contributed by atoms with Crippen LogP contribution in [-0.2, 0) is 0 Å². The van der Waals surface area contributed by atoms with E-state index in [1.807, 2.05) is 42.5 Å². The molecule has 8 nitrogen and oxygen atoms in total. The molecule has 0 saturated heterocycles. The Morgan fingerprint density at radius 2 is 2.03 bits per heavy atom. The molecule has 0 N–H and O–H groups in total. The average Bonchev–Trinajstić information content (AvgIpc) is 3.38. The van der Waals surface area contributed by atoms with E-state index < -0.39 is 6.10 Å². The summed E-state index contributed by atoms with van der Waals surface area (Å²) < 4.78 is 24.9. The first kappa shape index (κ1) is 22.2. The van der Waals surface area contributed by atoms with Crippen LogP contribution in [-0.4, -0.2) is 34.9 Å². The first-order valence-electron chi connectivity index (χ1n) is 11.1. The van der Waals surface area contributed by atoms with E-state index in [0.29, 0.717) is 50.8 Å². The van der Waals surface area contributed by atoms with Gasteiger partial charge in [-0.25, -0.2) is 0 Å². The van der Waals surface area contributed by atoms with Crippen LogP contribution in [0, 0.1) is 5.92 Å². The molecule has 3 heterocycles. The molecule has 0 saturated carbocycles. The fourth-order valence-electron chi connectivity index (χ4n) is 3.58. The van der Waals surface area contributed by atoms with Crippen LogP contribution >= 0.6 is 11.3 Å². The fourth-order valence-corrected chi connectivity index (χ4v) is 4.50. The minimum Gasteiger partial charge on any atom is -0.493 e. The van der Waals surface area contributed by atoms with Crippen molar-refractivity contribution < 1.29 is 18.9 Å².